The number of halogens is 1. The van der Waals surface area contributed by atoms with Gasteiger partial charge in [-0.05, 0) is 49.3 Å². The Hall–Kier alpha value is -2.16. The lowest BCUT2D eigenvalue weighted by Crippen LogP contribution is -2.57. The highest BCUT2D eigenvalue weighted by atomic mass is 35.5. The van der Waals surface area contributed by atoms with E-state index in [4.69, 9.17) is 16.3 Å². The Morgan fingerprint density at radius 3 is 2.67 bits per heavy atom. The van der Waals surface area contributed by atoms with Crippen molar-refractivity contribution < 1.29 is 24.2 Å². The highest BCUT2D eigenvalue weighted by Crippen LogP contribution is 2.46. The SMILES string of the molecule is C[C@@H](CN1CC[C@](O)(c2ccc(Cl)cc2)C(C)(C)C1)C(C=O)NC(=O)[C@@H]1CCC2(CCOC(=O)N2)C1. The molecule has 3 aliphatic rings. The van der Waals surface area contributed by atoms with Crippen molar-refractivity contribution in [1.29, 1.82) is 0 Å². The van der Waals surface area contributed by atoms with Gasteiger partial charge in [-0.1, -0.05) is 44.5 Å². The second kappa shape index (κ2) is 10.3. The van der Waals surface area contributed by atoms with E-state index in [1.54, 1.807) is 12.1 Å². The molecule has 1 aromatic rings. The number of aldehydes is 1. The van der Waals surface area contributed by atoms with E-state index in [2.05, 4.69) is 29.4 Å². The molecule has 0 aromatic heterocycles. The minimum atomic E-state index is -0.979. The number of alkyl carbamates (subject to hydrolysis) is 1. The molecule has 2 heterocycles. The van der Waals surface area contributed by atoms with Gasteiger partial charge in [0.1, 0.15) is 6.29 Å². The Labute approximate surface area is 218 Å². The Morgan fingerprint density at radius 2 is 2.03 bits per heavy atom. The summed E-state index contributed by atoms with van der Waals surface area (Å²) in [7, 11) is 0. The smallest absolute Gasteiger partial charge is 0.407 e. The first-order valence-electron chi connectivity index (χ1n) is 12.9. The first-order chi connectivity index (χ1) is 17.0. The van der Waals surface area contributed by atoms with E-state index >= 15 is 0 Å². The highest BCUT2D eigenvalue weighted by Gasteiger charge is 2.49. The van der Waals surface area contributed by atoms with Gasteiger partial charge in [-0.25, -0.2) is 4.79 Å². The normalized spacial score (nSPS) is 31.8. The average molecular weight is 520 g/mol. The number of hydrogen-bond acceptors (Lipinski definition) is 6. The summed E-state index contributed by atoms with van der Waals surface area (Å²) in [5.41, 5.74) is -0.920. The molecular weight excluding hydrogens is 482 g/mol. The fourth-order valence-corrected chi connectivity index (χ4v) is 6.43. The number of rotatable bonds is 7. The zero-order valence-electron chi connectivity index (χ0n) is 21.4. The molecule has 0 radical (unpaired) electrons. The van der Waals surface area contributed by atoms with Crippen molar-refractivity contribution in [3.05, 3.63) is 34.9 Å². The summed E-state index contributed by atoms with van der Waals surface area (Å²) in [5.74, 6) is -0.462. The number of ether oxygens (including phenoxy) is 1. The van der Waals surface area contributed by atoms with Crippen molar-refractivity contribution in [3.63, 3.8) is 0 Å². The number of piperidine rings is 1. The van der Waals surface area contributed by atoms with Crippen LogP contribution in [0.25, 0.3) is 0 Å². The van der Waals surface area contributed by atoms with Crippen LogP contribution in [0.4, 0.5) is 4.79 Å². The number of carbonyl (C=O) groups excluding carboxylic acids is 3. The molecule has 1 saturated carbocycles. The maximum Gasteiger partial charge on any atom is 0.407 e. The van der Waals surface area contributed by atoms with Crippen LogP contribution in [0.5, 0.6) is 0 Å². The van der Waals surface area contributed by atoms with E-state index in [0.29, 0.717) is 56.9 Å². The number of nitrogens with zero attached hydrogens (tertiary/aromatic N) is 1. The first-order valence-corrected chi connectivity index (χ1v) is 13.3. The summed E-state index contributed by atoms with van der Waals surface area (Å²) in [4.78, 5) is 38.9. The molecule has 3 N–H and O–H groups in total. The number of amides is 2. The summed E-state index contributed by atoms with van der Waals surface area (Å²) in [6.07, 6.45) is 3.64. The molecule has 2 aliphatic heterocycles. The third-order valence-corrected chi connectivity index (χ3v) is 8.88. The van der Waals surface area contributed by atoms with Gasteiger partial charge in [0.25, 0.3) is 0 Å². The molecule has 0 bridgehead atoms. The van der Waals surface area contributed by atoms with Crippen molar-refractivity contribution in [3.8, 4) is 0 Å². The lowest BCUT2D eigenvalue weighted by atomic mass is 9.66. The summed E-state index contributed by atoms with van der Waals surface area (Å²) >= 11 is 6.04. The van der Waals surface area contributed by atoms with Crippen molar-refractivity contribution in [1.82, 2.24) is 15.5 Å². The number of benzene rings is 1. The molecule has 5 atom stereocenters. The Bertz CT molecular complexity index is 986. The fraction of sp³-hybridized carbons (Fsp3) is 0.667. The summed E-state index contributed by atoms with van der Waals surface area (Å²) in [5, 5.41) is 18.1. The van der Waals surface area contributed by atoms with Crippen LogP contribution in [0.3, 0.4) is 0 Å². The topological polar surface area (TPSA) is 108 Å². The van der Waals surface area contributed by atoms with Gasteiger partial charge in [0, 0.05) is 47.9 Å². The lowest BCUT2D eigenvalue weighted by molar-refractivity contribution is -0.131. The summed E-state index contributed by atoms with van der Waals surface area (Å²) < 4.78 is 4.98. The van der Waals surface area contributed by atoms with Gasteiger partial charge in [-0.15, -0.1) is 0 Å². The number of likely N-dealkylation sites (tertiary alicyclic amines) is 1. The third kappa shape index (κ3) is 5.41. The van der Waals surface area contributed by atoms with E-state index in [1.807, 2.05) is 19.1 Å². The van der Waals surface area contributed by atoms with Crippen LogP contribution in [0.15, 0.2) is 24.3 Å². The molecule has 2 amide bonds. The van der Waals surface area contributed by atoms with Gasteiger partial charge in [0.2, 0.25) is 5.91 Å². The number of nitrogens with one attached hydrogen (secondary N) is 2. The van der Waals surface area contributed by atoms with Crippen molar-refractivity contribution in [2.75, 3.05) is 26.2 Å². The van der Waals surface area contributed by atoms with Crippen molar-refractivity contribution >= 4 is 29.9 Å². The molecule has 36 heavy (non-hydrogen) atoms. The molecule has 3 fully saturated rings. The molecule has 2 saturated heterocycles. The average Bonchev–Trinajstić information content (AvgIpc) is 3.22. The minimum absolute atomic E-state index is 0.0953. The largest absolute Gasteiger partial charge is 0.449 e. The minimum Gasteiger partial charge on any atom is -0.449 e. The number of carbonyl (C=O) groups is 3. The predicted molar refractivity (Wildman–Crippen MR) is 137 cm³/mol. The highest BCUT2D eigenvalue weighted by molar-refractivity contribution is 6.30. The first kappa shape index (κ1) is 26.9. The molecule has 2 unspecified atom stereocenters. The van der Waals surface area contributed by atoms with Gasteiger partial charge >= 0.3 is 6.09 Å². The Kier molecular flexibility index (Phi) is 7.70. The predicted octanol–water partition coefficient (Wildman–Crippen LogP) is 3.25. The zero-order valence-corrected chi connectivity index (χ0v) is 22.1. The van der Waals surface area contributed by atoms with Crippen LogP contribution >= 0.6 is 11.6 Å². The standard InChI is InChI=1S/C27H38ClN3O5/c1-18(15-31-12-10-27(35,25(2,3)17-31)20-4-6-21(28)7-5-20)22(16-32)29-23(33)19-8-9-26(14-19)11-13-36-24(34)30-26/h4-7,16,18-19,22,35H,8-15,17H2,1-3H3,(H,29,33)(H,30,34)/t18-,19+,22?,26?,27-/m0/s1. The van der Waals surface area contributed by atoms with Crippen LogP contribution in [-0.2, 0) is 19.9 Å². The maximum atomic E-state index is 13.0. The second-order valence-electron chi connectivity index (χ2n) is 11.6. The lowest BCUT2D eigenvalue weighted by Gasteiger charge is -2.51. The Morgan fingerprint density at radius 1 is 1.31 bits per heavy atom. The second-order valence-corrected chi connectivity index (χ2v) is 12.1. The van der Waals surface area contributed by atoms with Gasteiger partial charge in [0.05, 0.1) is 18.2 Å². The molecule has 8 nitrogen and oxygen atoms in total. The van der Waals surface area contributed by atoms with Gasteiger partial charge < -0.3 is 30.2 Å². The molecule has 1 aliphatic carbocycles. The number of cyclic esters (lactones) is 1. The van der Waals surface area contributed by atoms with Crippen LogP contribution in [-0.4, -0.2) is 66.1 Å². The third-order valence-electron chi connectivity index (χ3n) is 8.63. The van der Waals surface area contributed by atoms with E-state index in [9.17, 15) is 19.5 Å². The monoisotopic (exact) mass is 519 g/mol. The van der Waals surface area contributed by atoms with Crippen LogP contribution < -0.4 is 10.6 Å². The number of hydrogen-bond donors (Lipinski definition) is 3. The van der Waals surface area contributed by atoms with Crippen LogP contribution in [0, 0.1) is 17.3 Å². The molecular formula is C27H38ClN3O5. The maximum absolute atomic E-state index is 13.0. The zero-order chi connectivity index (χ0) is 26.1. The van der Waals surface area contributed by atoms with E-state index in [-0.39, 0.29) is 23.3 Å². The van der Waals surface area contributed by atoms with Gasteiger partial charge in [-0.3, -0.25) is 4.79 Å². The molecule has 1 spiro atoms. The quantitative estimate of drug-likeness (QED) is 0.477. The number of aliphatic hydroxyl groups is 1. The van der Waals surface area contributed by atoms with E-state index < -0.39 is 23.2 Å². The fourth-order valence-electron chi connectivity index (χ4n) is 6.30. The molecule has 9 heteroatoms. The van der Waals surface area contributed by atoms with Gasteiger partial charge in [-0.2, -0.15) is 0 Å². The summed E-state index contributed by atoms with van der Waals surface area (Å²) in [6.45, 7) is 8.42. The van der Waals surface area contributed by atoms with E-state index in [0.717, 1.165) is 18.3 Å². The summed E-state index contributed by atoms with van der Waals surface area (Å²) in [6, 6.07) is 6.79. The van der Waals surface area contributed by atoms with Crippen LogP contribution in [0.2, 0.25) is 5.02 Å². The molecule has 1 aromatic carbocycles. The molecule has 198 valence electrons. The van der Waals surface area contributed by atoms with E-state index in [1.165, 1.54) is 0 Å². The van der Waals surface area contributed by atoms with Gasteiger partial charge in [0.15, 0.2) is 0 Å². The van der Waals surface area contributed by atoms with Crippen LogP contribution in [0.1, 0.15) is 58.4 Å². The van der Waals surface area contributed by atoms with Crippen molar-refractivity contribution in [2.24, 2.45) is 17.3 Å². The Balaban J connectivity index is 1.33. The van der Waals surface area contributed by atoms with Crippen molar-refractivity contribution in [2.45, 2.75) is 70.1 Å². The molecule has 4 rings (SSSR count).